The summed E-state index contributed by atoms with van der Waals surface area (Å²) in [4.78, 5) is 21.8. The monoisotopic (exact) mass is 256 g/mol. The Morgan fingerprint density at radius 1 is 1.17 bits per heavy atom. The second-order valence-electron chi connectivity index (χ2n) is 5.13. The molecule has 0 aromatic rings. The highest BCUT2D eigenvalue weighted by Gasteiger charge is 2.51. The van der Waals surface area contributed by atoms with Crippen molar-refractivity contribution in [3.63, 3.8) is 0 Å². The maximum atomic E-state index is 11.4. The van der Waals surface area contributed by atoms with Gasteiger partial charge in [0, 0.05) is 0 Å². The van der Waals surface area contributed by atoms with Crippen LogP contribution in [0.5, 0.6) is 0 Å². The molecule has 1 N–H and O–H groups in total. The van der Waals surface area contributed by atoms with Crippen LogP contribution in [0, 0.1) is 5.92 Å². The Kier molecular flexibility index (Phi) is 4.58. The minimum absolute atomic E-state index is 0.377. The smallest absolute Gasteiger partial charge is 0.338 e. The molecule has 2 fully saturated rings. The molecule has 2 unspecified atom stereocenters. The van der Waals surface area contributed by atoms with E-state index in [2.05, 4.69) is 0 Å². The van der Waals surface area contributed by atoms with E-state index >= 15 is 0 Å². The number of carboxylic acid groups (broad SMARTS) is 1. The molecule has 0 aromatic heterocycles. The molecule has 0 spiro atoms. The first-order valence-electron chi connectivity index (χ1n) is 6.73. The fourth-order valence-electron chi connectivity index (χ4n) is 2.58. The van der Waals surface area contributed by atoms with Gasteiger partial charge in [-0.25, -0.2) is 9.59 Å². The van der Waals surface area contributed by atoms with Crippen LogP contribution in [0.15, 0.2) is 0 Å². The van der Waals surface area contributed by atoms with E-state index in [1.54, 1.807) is 0 Å². The molecule has 2 atom stereocenters. The van der Waals surface area contributed by atoms with Crippen LogP contribution in [0.4, 0.5) is 0 Å². The van der Waals surface area contributed by atoms with E-state index in [1.807, 2.05) is 0 Å². The lowest BCUT2D eigenvalue weighted by Crippen LogP contribution is -2.19. The molecule has 2 aliphatic rings. The van der Waals surface area contributed by atoms with Gasteiger partial charge in [-0.15, -0.1) is 0 Å². The molecule has 102 valence electrons. The molecular formula is C13H20O5. The van der Waals surface area contributed by atoms with Crippen LogP contribution in [-0.2, 0) is 19.1 Å². The zero-order chi connectivity index (χ0) is 13.0. The van der Waals surface area contributed by atoms with E-state index in [0.717, 1.165) is 18.8 Å². The molecule has 5 heteroatoms. The van der Waals surface area contributed by atoms with Gasteiger partial charge < -0.3 is 14.6 Å². The quantitative estimate of drug-likeness (QED) is 0.445. The topological polar surface area (TPSA) is 76.1 Å². The van der Waals surface area contributed by atoms with Crippen LogP contribution in [0.3, 0.4) is 0 Å². The molecule has 0 amide bonds. The fraction of sp³-hybridized carbons (Fsp3) is 0.846. The van der Waals surface area contributed by atoms with E-state index < -0.39 is 24.1 Å². The minimum Gasteiger partial charge on any atom is -0.479 e. The Bertz CT molecular complexity index is 309. The Labute approximate surface area is 106 Å². The number of carbonyl (C=O) groups excluding carboxylic acids is 1. The highest BCUT2D eigenvalue weighted by atomic mass is 16.7. The number of aliphatic carboxylic acids is 1. The van der Waals surface area contributed by atoms with Crippen molar-refractivity contribution in [3.05, 3.63) is 0 Å². The predicted octanol–water partition coefficient (Wildman–Crippen LogP) is 1.74. The SMILES string of the molecule is O=C(O)C1OC1C(=O)OCCCC1CCCCC1. The second-order valence-corrected chi connectivity index (χ2v) is 5.13. The highest BCUT2D eigenvalue weighted by molar-refractivity contribution is 5.88. The fourth-order valence-corrected chi connectivity index (χ4v) is 2.58. The third-order valence-corrected chi connectivity index (χ3v) is 3.69. The van der Waals surface area contributed by atoms with Crippen molar-refractivity contribution in [1.82, 2.24) is 0 Å². The summed E-state index contributed by atoms with van der Waals surface area (Å²) in [5, 5.41) is 8.58. The van der Waals surface area contributed by atoms with E-state index in [1.165, 1.54) is 32.1 Å². The van der Waals surface area contributed by atoms with Crippen molar-refractivity contribution in [2.75, 3.05) is 6.61 Å². The normalized spacial score (nSPS) is 27.8. The van der Waals surface area contributed by atoms with E-state index in [0.29, 0.717) is 6.61 Å². The van der Waals surface area contributed by atoms with E-state index in [-0.39, 0.29) is 0 Å². The third kappa shape index (κ3) is 3.70. The van der Waals surface area contributed by atoms with Gasteiger partial charge >= 0.3 is 11.9 Å². The molecule has 18 heavy (non-hydrogen) atoms. The van der Waals surface area contributed by atoms with Gasteiger partial charge in [0.2, 0.25) is 0 Å². The van der Waals surface area contributed by atoms with E-state index in [4.69, 9.17) is 14.6 Å². The van der Waals surface area contributed by atoms with E-state index in [9.17, 15) is 9.59 Å². The Morgan fingerprint density at radius 2 is 1.89 bits per heavy atom. The van der Waals surface area contributed by atoms with Gasteiger partial charge in [-0.3, -0.25) is 0 Å². The molecule has 0 bridgehead atoms. The van der Waals surface area contributed by atoms with Gasteiger partial charge in [0.15, 0.2) is 12.2 Å². The lowest BCUT2D eigenvalue weighted by Gasteiger charge is -2.21. The molecular weight excluding hydrogens is 236 g/mol. The summed E-state index contributed by atoms with van der Waals surface area (Å²) in [6, 6.07) is 0. The molecule has 1 aliphatic carbocycles. The average Bonchev–Trinajstić information content (AvgIpc) is 3.16. The third-order valence-electron chi connectivity index (χ3n) is 3.69. The molecule has 0 aromatic carbocycles. The summed E-state index contributed by atoms with van der Waals surface area (Å²) in [5.41, 5.74) is 0. The van der Waals surface area contributed by atoms with Crippen LogP contribution < -0.4 is 0 Å². The number of carboxylic acids is 1. The Hall–Kier alpha value is -1.10. The molecule has 1 saturated carbocycles. The van der Waals surface area contributed by atoms with Crippen molar-refractivity contribution in [2.45, 2.75) is 57.2 Å². The van der Waals surface area contributed by atoms with Gasteiger partial charge in [0.1, 0.15) is 0 Å². The van der Waals surface area contributed by atoms with Crippen molar-refractivity contribution in [3.8, 4) is 0 Å². The molecule has 2 rings (SSSR count). The summed E-state index contributed by atoms with van der Waals surface area (Å²) < 4.78 is 9.72. The molecule has 1 aliphatic heterocycles. The lowest BCUT2D eigenvalue weighted by molar-refractivity contribution is -0.146. The molecule has 1 saturated heterocycles. The summed E-state index contributed by atoms with van der Waals surface area (Å²) in [7, 11) is 0. The lowest BCUT2D eigenvalue weighted by atomic mass is 9.86. The predicted molar refractivity (Wildman–Crippen MR) is 63.1 cm³/mol. The van der Waals surface area contributed by atoms with Gasteiger partial charge in [-0.05, 0) is 18.8 Å². The average molecular weight is 256 g/mol. The summed E-state index contributed by atoms with van der Waals surface area (Å²) in [6.45, 7) is 0.377. The molecule has 1 heterocycles. The van der Waals surface area contributed by atoms with Gasteiger partial charge in [0.05, 0.1) is 6.61 Å². The molecule has 0 radical (unpaired) electrons. The zero-order valence-electron chi connectivity index (χ0n) is 10.5. The van der Waals surface area contributed by atoms with Crippen LogP contribution in [0.25, 0.3) is 0 Å². The number of ether oxygens (including phenoxy) is 2. The Balaban J connectivity index is 1.53. The summed E-state index contributed by atoms with van der Waals surface area (Å²) >= 11 is 0. The molecule has 5 nitrogen and oxygen atoms in total. The van der Waals surface area contributed by atoms with Gasteiger partial charge in [-0.2, -0.15) is 0 Å². The largest absolute Gasteiger partial charge is 0.479 e. The van der Waals surface area contributed by atoms with Crippen molar-refractivity contribution in [2.24, 2.45) is 5.92 Å². The second kappa shape index (κ2) is 6.18. The van der Waals surface area contributed by atoms with Gasteiger partial charge in [-0.1, -0.05) is 32.1 Å². The van der Waals surface area contributed by atoms with Crippen molar-refractivity contribution >= 4 is 11.9 Å². The van der Waals surface area contributed by atoms with Crippen molar-refractivity contribution < 1.29 is 24.2 Å². The van der Waals surface area contributed by atoms with Crippen LogP contribution in [-0.4, -0.2) is 35.9 Å². The standard InChI is InChI=1S/C13H20O5/c14-12(15)10-11(18-10)13(16)17-8-4-7-9-5-2-1-3-6-9/h9-11H,1-8H2,(H,14,15). The maximum absolute atomic E-state index is 11.4. The summed E-state index contributed by atoms with van der Waals surface area (Å²) in [6.07, 6.45) is 6.67. The number of epoxide rings is 1. The zero-order valence-corrected chi connectivity index (χ0v) is 10.5. The first-order chi connectivity index (χ1) is 8.68. The first kappa shape index (κ1) is 13.3. The number of esters is 1. The number of carbonyl (C=O) groups is 2. The number of rotatable bonds is 6. The number of hydrogen-bond donors (Lipinski definition) is 1. The van der Waals surface area contributed by atoms with Crippen LogP contribution in [0.1, 0.15) is 44.9 Å². The van der Waals surface area contributed by atoms with Gasteiger partial charge in [0.25, 0.3) is 0 Å². The summed E-state index contributed by atoms with van der Waals surface area (Å²) in [5.74, 6) is -0.855. The maximum Gasteiger partial charge on any atom is 0.338 e. The van der Waals surface area contributed by atoms with Crippen LogP contribution >= 0.6 is 0 Å². The number of hydrogen-bond acceptors (Lipinski definition) is 4. The van der Waals surface area contributed by atoms with Crippen molar-refractivity contribution in [1.29, 1.82) is 0 Å². The first-order valence-corrected chi connectivity index (χ1v) is 6.73. The van der Waals surface area contributed by atoms with Crippen LogP contribution in [0.2, 0.25) is 0 Å². The minimum atomic E-state index is -1.10. The highest BCUT2D eigenvalue weighted by Crippen LogP contribution is 2.27. The Morgan fingerprint density at radius 3 is 2.50 bits per heavy atom.